The molecule has 0 aliphatic carbocycles. The average Bonchev–Trinajstić information content (AvgIpc) is 2.73. The maximum absolute atomic E-state index is 9.03. The molecule has 0 saturated carbocycles. The number of benzene rings is 1. The third kappa shape index (κ3) is 2.85. The summed E-state index contributed by atoms with van der Waals surface area (Å²) in [5.74, 6) is 1.13. The summed E-state index contributed by atoms with van der Waals surface area (Å²) in [5.41, 5.74) is 1.24. The van der Waals surface area contributed by atoms with Gasteiger partial charge in [-0.2, -0.15) is 4.80 Å². The zero-order chi connectivity index (χ0) is 13.1. The molecule has 1 aromatic carbocycles. The van der Waals surface area contributed by atoms with E-state index in [2.05, 4.69) is 15.4 Å². The molecule has 18 heavy (non-hydrogen) atoms. The summed E-state index contributed by atoms with van der Waals surface area (Å²) < 4.78 is 5.53. The molecule has 0 radical (unpaired) electrons. The van der Waals surface area contributed by atoms with E-state index in [0.717, 1.165) is 5.56 Å². The second-order valence-corrected chi connectivity index (χ2v) is 3.88. The summed E-state index contributed by atoms with van der Waals surface area (Å²) in [7, 11) is 0.207. The number of aromatic nitrogens is 4. The minimum atomic E-state index is -1.47. The molecule has 2 N–H and O–H groups in total. The molecular formula is C10H13BN4O3. The molecule has 0 fully saturated rings. The zero-order valence-corrected chi connectivity index (χ0v) is 10.1. The summed E-state index contributed by atoms with van der Waals surface area (Å²) in [6.07, 6.45) is 0. The highest BCUT2D eigenvalue weighted by Crippen LogP contribution is 2.16. The lowest BCUT2D eigenvalue weighted by Gasteiger charge is -2.08. The molecule has 1 aromatic heterocycles. The first kappa shape index (κ1) is 12.5. The summed E-state index contributed by atoms with van der Waals surface area (Å²) in [5, 5.41) is 29.6. The van der Waals surface area contributed by atoms with Gasteiger partial charge in [-0.3, -0.25) is 0 Å². The van der Waals surface area contributed by atoms with Crippen molar-refractivity contribution in [2.45, 2.75) is 13.5 Å². The van der Waals surface area contributed by atoms with Crippen molar-refractivity contribution in [3.63, 3.8) is 0 Å². The number of rotatable bonds is 4. The Morgan fingerprint density at radius 3 is 2.72 bits per heavy atom. The average molecular weight is 248 g/mol. The molecule has 0 aliphatic rings. The Balaban J connectivity index is 2.05. The van der Waals surface area contributed by atoms with E-state index < -0.39 is 7.12 Å². The maximum Gasteiger partial charge on any atom is 0.488 e. The molecule has 1 heterocycles. The van der Waals surface area contributed by atoms with E-state index in [1.54, 1.807) is 25.2 Å². The molecule has 2 aromatic rings. The van der Waals surface area contributed by atoms with E-state index in [0.29, 0.717) is 17.0 Å². The number of hydrogen-bond donors (Lipinski definition) is 2. The van der Waals surface area contributed by atoms with Crippen molar-refractivity contribution in [2.24, 2.45) is 7.05 Å². The van der Waals surface area contributed by atoms with Crippen LogP contribution >= 0.6 is 0 Å². The van der Waals surface area contributed by atoms with Gasteiger partial charge in [-0.05, 0) is 29.2 Å². The molecule has 0 bridgehead atoms. The lowest BCUT2D eigenvalue weighted by molar-refractivity contribution is 0.293. The summed E-state index contributed by atoms with van der Waals surface area (Å²) in [6.45, 7) is 2.04. The first-order chi connectivity index (χ1) is 8.56. The fraction of sp³-hybridized carbons (Fsp3) is 0.300. The van der Waals surface area contributed by atoms with E-state index in [4.69, 9.17) is 14.8 Å². The lowest BCUT2D eigenvalue weighted by atomic mass is 9.79. The van der Waals surface area contributed by atoms with Crippen LogP contribution in [0.1, 0.15) is 11.4 Å². The van der Waals surface area contributed by atoms with Gasteiger partial charge < -0.3 is 14.8 Å². The Morgan fingerprint density at radius 1 is 1.39 bits per heavy atom. The first-order valence-corrected chi connectivity index (χ1v) is 5.38. The SMILES string of the molecule is Cc1cc(B(O)O)ccc1OCc1nnn(C)n1. The molecule has 0 amide bonds. The Morgan fingerprint density at radius 2 is 2.17 bits per heavy atom. The molecule has 0 atom stereocenters. The van der Waals surface area contributed by atoms with E-state index in [9.17, 15) is 0 Å². The monoisotopic (exact) mass is 248 g/mol. The number of tetrazole rings is 1. The number of nitrogens with zero attached hydrogens (tertiary/aromatic N) is 4. The van der Waals surface area contributed by atoms with E-state index in [-0.39, 0.29) is 6.61 Å². The maximum atomic E-state index is 9.03. The molecule has 0 aliphatic heterocycles. The highest BCUT2D eigenvalue weighted by Gasteiger charge is 2.12. The van der Waals surface area contributed by atoms with Crippen LogP contribution in [0.2, 0.25) is 0 Å². The Hall–Kier alpha value is -1.93. The van der Waals surface area contributed by atoms with E-state index >= 15 is 0 Å². The summed E-state index contributed by atoms with van der Waals surface area (Å²) >= 11 is 0. The predicted octanol–water partition coefficient (Wildman–Crippen LogP) is -1.22. The molecule has 0 unspecified atom stereocenters. The van der Waals surface area contributed by atoms with Crippen LogP contribution in [0.25, 0.3) is 0 Å². The third-order valence-electron chi connectivity index (χ3n) is 2.40. The molecular weight excluding hydrogens is 235 g/mol. The Kier molecular flexibility index (Phi) is 3.59. The van der Waals surface area contributed by atoms with Crippen molar-refractivity contribution in [3.8, 4) is 5.75 Å². The lowest BCUT2D eigenvalue weighted by Crippen LogP contribution is -2.29. The first-order valence-electron chi connectivity index (χ1n) is 5.38. The van der Waals surface area contributed by atoms with Gasteiger partial charge in [0.15, 0.2) is 6.61 Å². The van der Waals surface area contributed by atoms with Gasteiger partial charge in [0, 0.05) is 0 Å². The topological polar surface area (TPSA) is 93.3 Å². The molecule has 0 saturated heterocycles. The van der Waals surface area contributed by atoms with Crippen molar-refractivity contribution in [1.29, 1.82) is 0 Å². The molecule has 0 spiro atoms. The van der Waals surface area contributed by atoms with Gasteiger partial charge in [0.1, 0.15) is 5.75 Å². The van der Waals surface area contributed by atoms with Crippen molar-refractivity contribution in [1.82, 2.24) is 20.2 Å². The predicted molar refractivity (Wildman–Crippen MR) is 64.1 cm³/mol. The van der Waals surface area contributed by atoms with Crippen LogP contribution in [0.15, 0.2) is 18.2 Å². The fourth-order valence-corrected chi connectivity index (χ4v) is 1.52. The van der Waals surface area contributed by atoms with Gasteiger partial charge in [0.05, 0.1) is 7.05 Å². The Bertz CT molecular complexity index is 544. The van der Waals surface area contributed by atoms with Crippen LogP contribution in [0.4, 0.5) is 0 Å². The molecule has 8 heteroatoms. The summed E-state index contributed by atoms with van der Waals surface area (Å²) in [6, 6.07) is 4.93. The van der Waals surface area contributed by atoms with Crippen molar-refractivity contribution in [2.75, 3.05) is 0 Å². The third-order valence-corrected chi connectivity index (χ3v) is 2.40. The van der Waals surface area contributed by atoms with Crippen LogP contribution in [-0.4, -0.2) is 37.4 Å². The highest BCUT2D eigenvalue weighted by atomic mass is 16.5. The normalized spacial score (nSPS) is 10.4. The Labute approximate surface area is 104 Å². The van der Waals surface area contributed by atoms with Crippen LogP contribution in [0, 0.1) is 6.92 Å². The van der Waals surface area contributed by atoms with Gasteiger partial charge in [0.2, 0.25) is 5.82 Å². The summed E-state index contributed by atoms with van der Waals surface area (Å²) in [4.78, 5) is 1.36. The fourth-order valence-electron chi connectivity index (χ4n) is 1.52. The van der Waals surface area contributed by atoms with E-state index in [1.165, 1.54) is 4.80 Å². The number of hydrogen-bond acceptors (Lipinski definition) is 6. The second-order valence-electron chi connectivity index (χ2n) is 3.88. The minimum Gasteiger partial charge on any atom is -0.485 e. The van der Waals surface area contributed by atoms with E-state index in [1.807, 2.05) is 6.92 Å². The highest BCUT2D eigenvalue weighted by molar-refractivity contribution is 6.58. The zero-order valence-electron chi connectivity index (χ0n) is 10.1. The largest absolute Gasteiger partial charge is 0.488 e. The van der Waals surface area contributed by atoms with Crippen LogP contribution in [-0.2, 0) is 13.7 Å². The minimum absolute atomic E-state index is 0.218. The molecule has 7 nitrogen and oxygen atoms in total. The van der Waals surface area contributed by atoms with Crippen LogP contribution in [0.3, 0.4) is 0 Å². The van der Waals surface area contributed by atoms with Crippen LogP contribution in [0.5, 0.6) is 5.75 Å². The smallest absolute Gasteiger partial charge is 0.485 e. The number of ether oxygens (including phenoxy) is 1. The van der Waals surface area contributed by atoms with Crippen molar-refractivity contribution >= 4 is 12.6 Å². The molecule has 94 valence electrons. The standard InChI is InChI=1S/C10H13BN4O3/c1-7-5-8(11(16)17)3-4-9(7)18-6-10-12-14-15(2)13-10/h3-5,16-17H,6H2,1-2H3. The van der Waals surface area contributed by atoms with Gasteiger partial charge in [-0.25, -0.2) is 0 Å². The number of aryl methyl sites for hydroxylation is 2. The second kappa shape index (κ2) is 5.15. The molecule has 2 rings (SSSR count). The van der Waals surface area contributed by atoms with Gasteiger partial charge >= 0.3 is 7.12 Å². The van der Waals surface area contributed by atoms with Crippen molar-refractivity contribution < 1.29 is 14.8 Å². The van der Waals surface area contributed by atoms with Gasteiger partial charge in [-0.15, -0.1) is 10.2 Å². The quantitative estimate of drug-likeness (QED) is 0.658. The van der Waals surface area contributed by atoms with Gasteiger partial charge in [0.25, 0.3) is 0 Å². The van der Waals surface area contributed by atoms with Crippen molar-refractivity contribution in [3.05, 3.63) is 29.6 Å². The van der Waals surface area contributed by atoms with Crippen LogP contribution < -0.4 is 10.2 Å². The van der Waals surface area contributed by atoms with Gasteiger partial charge in [-0.1, -0.05) is 12.1 Å².